The first kappa shape index (κ1) is 15.7. The Hall–Kier alpha value is -2.86. The van der Waals surface area contributed by atoms with E-state index in [4.69, 9.17) is 11.6 Å². The highest BCUT2D eigenvalue weighted by Gasteiger charge is 2.13. The molecule has 0 radical (unpaired) electrons. The minimum absolute atomic E-state index is 0.272. The van der Waals surface area contributed by atoms with E-state index in [0.29, 0.717) is 22.1 Å². The van der Waals surface area contributed by atoms with Crippen molar-refractivity contribution in [1.29, 1.82) is 0 Å². The van der Waals surface area contributed by atoms with Gasteiger partial charge in [-0.15, -0.1) is 0 Å². The number of halogens is 1. The van der Waals surface area contributed by atoms with E-state index < -0.39 is 0 Å². The maximum absolute atomic E-state index is 12.5. The summed E-state index contributed by atoms with van der Waals surface area (Å²) in [6.07, 6.45) is 3.37. The number of amides is 1. The Bertz CT molecular complexity index is 1110. The molecule has 25 heavy (non-hydrogen) atoms. The molecule has 0 aliphatic heterocycles. The predicted octanol–water partition coefficient (Wildman–Crippen LogP) is 3.92. The predicted molar refractivity (Wildman–Crippen MR) is 98.3 cm³/mol. The molecule has 4 aromatic rings. The molecule has 7 heteroatoms. The number of pyridine rings is 1. The summed E-state index contributed by atoms with van der Waals surface area (Å²) in [5, 5.41) is 3.46. The van der Waals surface area contributed by atoms with Crippen LogP contribution in [-0.4, -0.2) is 24.8 Å². The summed E-state index contributed by atoms with van der Waals surface area (Å²) in [6, 6.07) is 9.23. The fourth-order valence-electron chi connectivity index (χ4n) is 3.00. The van der Waals surface area contributed by atoms with Gasteiger partial charge in [0.2, 0.25) is 0 Å². The number of aryl methyl sites for hydroxylation is 2. The van der Waals surface area contributed by atoms with Crippen molar-refractivity contribution < 1.29 is 4.79 Å². The third-order valence-electron chi connectivity index (χ3n) is 4.16. The molecular weight excluding hydrogens is 338 g/mol. The van der Waals surface area contributed by atoms with Crippen molar-refractivity contribution in [3.05, 3.63) is 59.3 Å². The van der Waals surface area contributed by atoms with Gasteiger partial charge in [-0.05, 0) is 44.2 Å². The molecule has 3 heterocycles. The number of rotatable bonds is 3. The highest BCUT2D eigenvalue weighted by Crippen LogP contribution is 2.21. The normalized spacial score (nSPS) is 11.3. The first-order valence-corrected chi connectivity index (χ1v) is 8.35. The van der Waals surface area contributed by atoms with E-state index in [1.54, 1.807) is 28.9 Å². The van der Waals surface area contributed by atoms with Crippen LogP contribution in [0, 0.1) is 6.92 Å². The van der Waals surface area contributed by atoms with Crippen LogP contribution in [0.5, 0.6) is 0 Å². The lowest BCUT2D eigenvalue weighted by molar-refractivity contribution is 0.102. The summed E-state index contributed by atoms with van der Waals surface area (Å²) < 4.78 is 3.86. The molecule has 0 saturated heterocycles. The summed E-state index contributed by atoms with van der Waals surface area (Å²) in [5.74, 6) is 0.684. The van der Waals surface area contributed by atoms with E-state index in [0.717, 1.165) is 23.4 Å². The number of benzene rings is 1. The highest BCUT2D eigenvalue weighted by molar-refractivity contribution is 6.30. The van der Waals surface area contributed by atoms with Gasteiger partial charge in [-0.2, -0.15) is 0 Å². The van der Waals surface area contributed by atoms with Crippen molar-refractivity contribution in [3.63, 3.8) is 0 Å². The van der Waals surface area contributed by atoms with Crippen LogP contribution < -0.4 is 5.32 Å². The SMILES string of the molecule is CCn1c(C)nc2cc(NC(=O)c3cn4cc(Cl)ccc4n3)ccc21. The second-order valence-corrected chi connectivity index (χ2v) is 6.24. The Kier molecular flexibility index (Phi) is 3.69. The fraction of sp³-hybridized carbons (Fsp3) is 0.167. The largest absolute Gasteiger partial charge is 0.329 e. The van der Waals surface area contributed by atoms with Crippen molar-refractivity contribution in [2.45, 2.75) is 20.4 Å². The average molecular weight is 354 g/mol. The quantitative estimate of drug-likeness (QED) is 0.607. The van der Waals surface area contributed by atoms with Crippen LogP contribution in [0.1, 0.15) is 23.2 Å². The van der Waals surface area contributed by atoms with Crippen molar-refractivity contribution >= 4 is 39.9 Å². The van der Waals surface area contributed by atoms with Crippen molar-refractivity contribution in [1.82, 2.24) is 18.9 Å². The molecule has 0 spiro atoms. The molecular formula is C18H16ClN5O. The maximum atomic E-state index is 12.5. The second-order valence-electron chi connectivity index (χ2n) is 5.80. The van der Waals surface area contributed by atoms with Crippen LogP contribution in [0.2, 0.25) is 5.02 Å². The van der Waals surface area contributed by atoms with Crippen LogP contribution in [0.3, 0.4) is 0 Å². The fourth-order valence-corrected chi connectivity index (χ4v) is 3.16. The van der Waals surface area contributed by atoms with Gasteiger partial charge in [0.05, 0.1) is 16.1 Å². The molecule has 3 aromatic heterocycles. The Morgan fingerprint density at radius 1 is 1.20 bits per heavy atom. The number of nitrogens with one attached hydrogen (secondary N) is 1. The Morgan fingerprint density at radius 2 is 2.04 bits per heavy atom. The van der Waals surface area contributed by atoms with Crippen molar-refractivity contribution in [2.24, 2.45) is 0 Å². The lowest BCUT2D eigenvalue weighted by atomic mass is 10.2. The van der Waals surface area contributed by atoms with Gasteiger partial charge in [-0.25, -0.2) is 9.97 Å². The summed E-state index contributed by atoms with van der Waals surface area (Å²) in [6.45, 7) is 4.92. The Labute approximate surface area is 149 Å². The van der Waals surface area contributed by atoms with Crippen LogP contribution in [-0.2, 0) is 6.54 Å². The van der Waals surface area contributed by atoms with Crippen LogP contribution in [0.15, 0.2) is 42.7 Å². The molecule has 0 unspecified atom stereocenters. The highest BCUT2D eigenvalue weighted by atomic mass is 35.5. The lowest BCUT2D eigenvalue weighted by Gasteiger charge is -2.04. The number of aromatic nitrogens is 4. The van der Waals surface area contributed by atoms with Crippen molar-refractivity contribution in [2.75, 3.05) is 5.32 Å². The molecule has 0 aliphatic carbocycles. The molecule has 0 saturated carbocycles. The third-order valence-corrected chi connectivity index (χ3v) is 4.38. The standard InChI is InChI=1S/C18H16ClN5O/c1-3-24-11(2)20-14-8-13(5-6-16(14)24)21-18(25)15-10-23-9-12(19)4-7-17(23)22-15/h4-10H,3H2,1-2H3,(H,21,25). The van der Waals surface area contributed by atoms with Gasteiger partial charge in [-0.3, -0.25) is 4.79 Å². The first-order chi connectivity index (χ1) is 12.0. The van der Waals surface area contributed by atoms with E-state index >= 15 is 0 Å². The van der Waals surface area contributed by atoms with Gasteiger partial charge in [0.25, 0.3) is 5.91 Å². The van der Waals surface area contributed by atoms with E-state index in [1.165, 1.54) is 0 Å². The average Bonchev–Trinajstić information content (AvgIpc) is 3.13. The number of hydrogen-bond donors (Lipinski definition) is 1. The molecule has 0 aliphatic rings. The number of fused-ring (bicyclic) bond motifs is 2. The molecule has 0 fully saturated rings. The van der Waals surface area contributed by atoms with Gasteiger partial charge >= 0.3 is 0 Å². The van der Waals surface area contributed by atoms with Gasteiger partial charge in [0, 0.05) is 24.6 Å². The Balaban J connectivity index is 1.64. The summed E-state index contributed by atoms with van der Waals surface area (Å²) >= 11 is 5.96. The topological polar surface area (TPSA) is 64.2 Å². The number of carbonyl (C=O) groups is 1. The number of anilines is 1. The minimum atomic E-state index is -0.272. The zero-order valence-corrected chi connectivity index (χ0v) is 14.6. The molecule has 0 bridgehead atoms. The van der Waals surface area contributed by atoms with E-state index in [2.05, 4.69) is 26.8 Å². The van der Waals surface area contributed by atoms with Crippen LogP contribution >= 0.6 is 11.6 Å². The third kappa shape index (κ3) is 2.74. The first-order valence-electron chi connectivity index (χ1n) is 7.97. The lowest BCUT2D eigenvalue weighted by Crippen LogP contribution is -2.12. The molecule has 0 atom stereocenters. The minimum Gasteiger partial charge on any atom is -0.329 e. The molecule has 4 rings (SSSR count). The molecule has 6 nitrogen and oxygen atoms in total. The summed E-state index contributed by atoms with van der Waals surface area (Å²) in [7, 11) is 0. The number of carbonyl (C=O) groups excluding carboxylic acids is 1. The smallest absolute Gasteiger partial charge is 0.275 e. The summed E-state index contributed by atoms with van der Waals surface area (Å²) in [5.41, 5.74) is 3.60. The maximum Gasteiger partial charge on any atom is 0.275 e. The second kappa shape index (κ2) is 5.89. The van der Waals surface area contributed by atoms with Gasteiger partial charge < -0.3 is 14.3 Å². The van der Waals surface area contributed by atoms with Gasteiger partial charge in [0.15, 0.2) is 0 Å². The molecule has 1 aromatic carbocycles. The number of hydrogen-bond acceptors (Lipinski definition) is 3. The van der Waals surface area contributed by atoms with Gasteiger partial charge in [-0.1, -0.05) is 11.6 Å². The monoisotopic (exact) mass is 353 g/mol. The number of imidazole rings is 2. The van der Waals surface area contributed by atoms with E-state index in [9.17, 15) is 4.79 Å². The Morgan fingerprint density at radius 3 is 2.84 bits per heavy atom. The number of nitrogens with zero attached hydrogens (tertiary/aromatic N) is 4. The van der Waals surface area contributed by atoms with Crippen molar-refractivity contribution in [3.8, 4) is 0 Å². The van der Waals surface area contributed by atoms with E-state index in [1.807, 2.05) is 25.1 Å². The van der Waals surface area contributed by atoms with E-state index in [-0.39, 0.29) is 5.91 Å². The van der Waals surface area contributed by atoms with Crippen LogP contribution in [0.4, 0.5) is 5.69 Å². The zero-order valence-electron chi connectivity index (χ0n) is 13.8. The molecule has 126 valence electrons. The molecule has 1 amide bonds. The van der Waals surface area contributed by atoms with Crippen LogP contribution in [0.25, 0.3) is 16.7 Å². The zero-order chi connectivity index (χ0) is 17.6. The van der Waals surface area contributed by atoms with Gasteiger partial charge in [0.1, 0.15) is 17.2 Å². The summed E-state index contributed by atoms with van der Waals surface area (Å²) in [4.78, 5) is 21.4. The molecule has 1 N–H and O–H groups in total.